The lowest BCUT2D eigenvalue weighted by Gasteiger charge is -1.98. The molecule has 21 heavy (non-hydrogen) atoms. The fourth-order valence-electron chi connectivity index (χ4n) is 2.59. The smallest absolute Gasteiger partial charge is 0.182 e. The van der Waals surface area contributed by atoms with Crippen LogP contribution in [0.15, 0.2) is 42.7 Å². The molecule has 0 radical (unpaired) electrons. The normalized spacial score (nSPS) is 11.6. The van der Waals surface area contributed by atoms with Gasteiger partial charge in [0.05, 0.1) is 0 Å². The van der Waals surface area contributed by atoms with E-state index in [4.69, 9.17) is 0 Å². The van der Waals surface area contributed by atoms with Crippen LogP contribution in [0.5, 0.6) is 0 Å². The van der Waals surface area contributed by atoms with Crippen molar-refractivity contribution in [3.05, 3.63) is 51.9 Å². The summed E-state index contributed by atoms with van der Waals surface area (Å²) in [4.78, 5) is 4.63. The number of nitrogens with zero attached hydrogens (tertiary/aromatic N) is 4. The Morgan fingerprint density at radius 2 is 2.00 bits per heavy atom. The number of fused-ring (bicyclic) bond motifs is 2. The van der Waals surface area contributed by atoms with Gasteiger partial charge < -0.3 is 4.57 Å². The molecule has 0 saturated carbocycles. The minimum atomic E-state index is 0.766. The first-order valence-corrected chi connectivity index (χ1v) is 7.78. The third-order valence-corrected chi connectivity index (χ3v) is 4.55. The Bertz CT molecular complexity index is 981. The van der Waals surface area contributed by atoms with Crippen molar-refractivity contribution in [1.29, 1.82) is 0 Å². The fourth-order valence-corrected chi connectivity index (χ4v) is 3.44. The van der Waals surface area contributed by atoms with Gasteiger partial charge in [0.25, 0.3) is 0 Å². The lowest BCUT2D eigenvalue weighted by Crippen LogP contribution is -1.87. The second-order valence-corrected chi connectivity index (χ2v) is 6.42. The second-order valence-electron chi connectivity index (χ2n) is 5.26. The highest BCUT2D eigenvalue weighted by Gasteiger charge is 2.10. The van der Waals surface area contributed by atoms with Crippen LogP contribution in [0.2, 0.25) is 0 Å². The Morgan fingerprint density at radius 1 is 1.14 bits per heavy atom. The Kier molecular flexibility index (Phi) is 2.78. The van der Waals surface area contributed by atoms with Gasteiger partial charge in [-0.05, 0) is 65.4 Å². The maximum absolute atomic E-state index is 4.63. The first kappa shape index (κ1) is 12.8. The quantitative estimate of drug-likeness (QED) is 0.465. The van der Waals surface area contributed by atoms with Gasteiger partial charge in [-0.25, -0.2) is 9.50 Å². The van der Waals surface area contributed by atoms with Gasteiger partial charge in [0.15, 0.2) is 11.5 Å². The molecule has 0 fully saturated rings. The number of halogens is 1. The number of rotatable bonds is 1. The Morgan fingerprint density at radius 3 is 2.86 bits per heavy atom. The minimum absolute atomic E-state index is 0.766. The summed E-state index contributed by atoms with van der Waals surface area (Å²) < 4.78 is 5.20. The highest BCUT2D eigenvalue weighted by molar-refractivity contribution is 14.1. The molecular weight excluding hydrogens is 375 g/mol. The zero-order valence-corrected chi connectivity index (χ0v) is 13.9. The van der Waals surface area contributed by atoms with Crippen LogP contribution in [0.4, 0.5) is 0 Å². The average molecular weight is 388 g/mol. The average Bonchev–Trinajstić information content (AvgIpc) is 3.00. The molecule has 0 spiro atoms. The van der Waals surface area contributed by atoms with E-state index in [1.165, 1.54) is 20.0 Å². The van der Waals surface area contributed by atoms with Crippen molar-refractivity contribution < 1.29 is 0 Å². The summed E-state index contributed by atoms with van der Waals surface area (Å²) in [5, 5.41) is 5.80. The lowest BCUT2D eigenvalue weighted by atomic mass is 10.1. The number of hydrogen-bond donors (Lipinski definition) is 0. The molecule has 104 valence electrons. The molecule has 0 atom stereocenters. The lowest BCUT2D eigenvalue weighted by molar-refractivity contribution is 0.961. The molecule has 3 heterocycles. The van der Waals surface area contributed by atoms with Gasteiger partial charge in [-0.2, -0.15) is 0 Å². The zero-order valence-electron chi connectivity index (χ0n) is 11.7. The van der Waals surface area contributed by atoms with Gasteiger partial charge in [-0.1, -0.05) is 0 Å². The van der Waals surface area contributed by atoms with Gasteiger partial charge >= 0.3 is 0 Å². The molecule has 0 saturated heterocycles. The summed E-state index contributed by atoms with van der Waals surface area (Å²) in [6, 6.07) is 10.5. The first-order chi connectivity index (χ1) is 10.1. The molecule has 3 aromatic heterocycles. The predicted octanol–water partition coefficient (Wildman–Crippen LogP) is 3.80. The highest BCUT2D eigenvalue weighted by atomic mass is 127. The fraction of sp³-hybridized carbons (Fsp3) is 0.125. The molecule has 0 amide bonds. The largest absolute Gasteiger partial charge is 0.349 e. The predicted molar refractivity (Wildman–Crippen MR) is 92.4 cm³/mol. The summed E-state index contributed by atoms with van der Waals surface area (Å²) in [6.45, 7) is 2.06. The monoisotopic (exact) mass is 388 g/mol. The SMILES string of the molecule is Cc1ccn2nc(-c3ccc4c(c3)c(I)cn4C)nc2c1. The van der Waals surface area contributed by atoms with E-state index in [1.807, 2.05) is 22.8 Å². The maximum atomic E-state index is 4.63. The van der Waals surface area contributed by atoms with Gasteiger partial charge in [0.2, 0.25) is 0 Å². The molecule has 0 aliphatic rings. The van der Waals surface area contributed by atoms with Gasteiger partial charge in [-0.15, -0.1) is 5.10 Å². The summed E-state index contributed by atoms with van der Waals surface area (Å²) >= 11 is 2.37. The summed E-state index contributed by atoms with van der Waals surface area (Å²) in [7, 11) is 2.07. The van der Waals surface area contributed by atoms with Crippen LogP contribution < -0.4 is 0 Å². The number of aryl methyl sites for hydroxylation is 2. The Labute approximate surface area is 135 Å². The van der Waals surface area contributed by atoms with Crippen molar-refractivity contribution in [3.63, 3.8) is 0 Å². The molecule has 0 aliphatic carbocycles. The maximum Gasteiger partial charge on any atom is 0.182 e. The first-order valence-electron chi connectivity index (χ1n) is 6.70. The number of pyridine rings is 1. The third-order valence-electron chi connectivity index (χ3n) is 3.69. The molecule has 4 aromatic rings. The summed E-state index contributed by atoms with van der Waals surface area (Å²) in [6.07, 6.45) is 4.08. The van der Waals surface area contributed by atoms with Crippen LogP contribution in [-0.4, -0.2) is 19.2 Å². The Hall–Kier alpha value is -1.89. The molecule has 0 bridgehead atoms. The van der Waals surface area contributed by atoms with Crippen LogP contribution in [-0.2, 0) is 7.05 Å². The van der Waals surface area contributed by atoms with Crippen LogP contribution in [0.1, 0.15) is 5.56 Å². The van der Waals surface area contributed by atoms with Crippen molar-refractivity contribution in [2.24, 2.45) is 7.05 Å². The van der Waals surface area contributed by atoms with Crippen molar-refractivity contribution in [1.82, 2.24) is 19.2 Å². The van der Waals surface area contributed by atoms with Gasteiger partial charge in [0.1, 0.15) is 0 Å². The van der Waals surface area contributed by atoms with E-state index < -0.39 is 0 Å². The highest BCUT2D eigenvalue weighted by Crippen LogP contribution is 2.27. The number of aromatic nitrogens is 4. The molecule has 5 heteroatoms. The van der Waals surface area contributed by atoms with E-state index in [-0.39, 0.29) is 0 Å². The second kappa shape index (κ2) is 4.56. The summed E-state index contributed by atoms with van der Waals surface area (Å²) in [5.41, 5.74) is 4.35. The van der Waals surface area contributed by atoms with E-state index >= 15 is 0 Å². The van der Waals surface area contributed by atoms with Crippen LogP contribution in [0.25, 0.3) is 27.9 Å². The molecular formula is C16H13IN4. The van der Waals surface area contributed by atoms with E-state index in [0.29, 0.717) is 0 Å². The molecule has 4 rings (SSSR count). The molecule has 0 N–H and O–H groups in total. The Balaban J connectivity index is 1.93. The molecule has 0 aliphatic heterocycles. The molecule has 0 unspecified atom stereocenters. The standard InChI is InChI=1S/C16H13IN4/c1-10-5-6-21-15(7-10)18-16(19-21)11-3-4-14-12(8-11)13(17)9-20(14)2/h3-9H,1-2H3. The van der Waals surface area contributed by atoms with Gasteiger partial charge in [0, 0.05) is 39.5 Å². The third kappa shape index (κ3) is 2.03. The van der Waals surface area contributed by atoms with Gasteiger partial charge in [-0.3, -0.25) is 0 Å². The minimum Gasteiger partial charge on any atom is -0.349 e. The van der Waals surface area contributed by atoms with Crippen molar-refractivity contribution in [3.8, 4) is 11.4 Å². The van der Waals surface area contributed by atoms with E-state index in [0.717, 1.165) is 17.0 Å². The van der Waals surface area contributed by atoms with Crippen molar-refractivity contribution in [2.75, 3.05) is 0 Å². The number of hydrogen-bond acceptors (Lipinski definition) is 2. The van der Waals surface area contributed by atoms with Crippen molar-refractivity contribution in [2.45, 2.75) is 6.92 Å². The number of benzene rings is 1. The molecule has 4 nitrogen and oxygen atoms in total. The zero-order chi connectivity index (χ0) is 14.6. The van der Waals surface area contributed by atoms with Crippen LogP contribution in [0.3, 0.4) is 0 Å². The summed E-state index contributed by atoms with van der Waals surface area (Å²) in [5.74, 6) is 0.766. The topological polar surface area (TPSA) is 35.1 Å². The van der Waals surface area contributed by atoms with E-state index in [1.54, 1.807) is 0 Å². The van der Waals surface area contributed by atoms with E-state index in [2.05, 4.69) is 75.6 Å². The van der Waals surface area contributed by atoms with Crippen LogP contribution >= 0.6 is 22.6 Å². The van der Waals surface area contributed by atoms with Crippen molar-refractivity contribution >= 4 is 39.1 Å². The van der Waals surface area contributed by atoms with Crippen LogP contribution in [0, 0.1) is 10.5 Å². The van der Waals surface area contributed by atoms with E-state index in [9.17, 15) is 0 Å². The molecule has 1 aromatic carbocycles.